The molecule has 0 aliphatic rings. The molecule has 0 radical (unpaired) electrons. The van der Waals surface area contributed by atoms with Crippen molar-refractivity contribution < 1.29 is 19.1 Å². The first-order valence-corrected chi connectivity index (χ1v) is 13.4. The van der Waals surface area contributed by atoms with Gasteiger partial charge in [-0.25, -0.2) is 0 Å². The number of carbonyl (C=O) groups excluding carboxylic acids is 3. The molecule has 4 rings (SSSR count). The number of carbonyl (C=O) groups is 3. The van der Waals surface area contributed by atoms with Crippen molar-refractivity contribution in [3.05, 3.63) is 101 Å². The van der Waals surface area contributed by atoms with Gasteiger partial charge in [-0.15, -0.1) is 0 Å². The van der Waals surface area contributed by atoms with Gasteiger partial charge >= 0.3 is 0 Å². The fraction of sp³-hybridized carbons (Fsp3) is 0.188. The van der Waals surface area contributed by atoms with Crippen molar-refractivity contribution in [3.63, 3.8) is 0 Å². The Morgan fingerprint density at radius 2 is 1.63 bits per heavy atom. The number of aldehydes is 1. The molecule has 0 atom stereocenters. The Balaban J connectivity index is 0.000000271. The molecule has 224 valence electrons. The number of aryl methyl sites for hydroxylation is 2. The van der Waals surface area contributed by atoms with Gasteiger partial charge < -0.3 is 35.6 Å². The molecule has 0 spiro atoms. The molecule has 0 saturated carbocycles. The second-order valence-corrected chi connectivity index (χ2v) is 9.57. The topological polar surface area (TPSA) is 156 Å². The summed E-state index contributed by atoms with van der Waals surface area (Å²) in [6.45, 7) is 0.383. The molecular formula is C32H37N7O4. The Morgan fingerprint density at radius 3 is 2.23 bits per heavy atom. The molecule has 4 aromatic rings. The Hall–Kier alpha value is -5.58. The lowest BCUT2D eigenvalue weighted by atomic mass is 10.1. The molecule has 2 heterocycles. The van der Waals surface area contributed by atoms with Crippen LogP contribution in [0.4, 0.5) is 11.4 Å². The number of ether oxygens (including phenoxy) is 1. The van der Waals surface area contributed by atoms with Crippen molar-refractivity contribution in [1.82, 2.24) is 14.5 Å². The third-order valence-electron chi connectivity index (χ3n) is 6.36. The predicted octanol–water partition coefficient (Wildman–Crippen LogP) is 4.39. The zero-order chi connectivity index (χ0) is 31.4. The zero-order valence-corrected chi connectivity index (χ0v) is 24.7. The third kappa shape index (κ3) is 9.49. The maximum Gasteiger partial charge on any atom is 0.267 e. The van der Waals surface area contributed by atoms with Gasteiger partial charge in [-0.1, -0.05) is 36.4 Å². The molecule has 0 bridgehead atoms. The van der Waals surface area contributed by atoms with Gasteiger partial charge in [0.05, 0.1) is 30.0 Å². The Kier molecular flexibility index (Phi) is 11.5. The predicted molar refractivity (Wildman–Crippen MR) is 171 cm³/mol. The highest BCUT2D eigenvalue weighted by Crippen LogP contribution is 2.17. The molecule has 6 N–H and O–H groups in total. The number of hydrogen-bond acceptors (Lipinski definition) is 6. The van der Waals surface area contributed by atoms with Crippen LogP contribution in [0.3, 0.4) is 0 Å². The summed E-state index contributed by atoms with van der Waals surface area (Å²) in [6.07, 6.45) is 8.62. The fourth-order valence-electron chi connectivity index (χ4n) is 3.98. The summed E-state index contributed by atoms with van der Waals surface area (Å²) < 4.78 is 8.62. The van der Waals surface area contributed by atoms with Crippen LogP contribution in [0, 0.1) is 5.41 Å². The minimum Gasteiger partial charge on any atom is -0.497 e. The number of anilines is 2. The van der Waals surface area contributed by atoms with E-state index in [1.54, 1.807) is 67.8 Å². The molecule has 11 heteroatoms. The van der Waals surface area contributed by atoms with Crippen LogP contribution < -0.4 is 26.4 Å². The molecule has 2 aromatic heterocycles. The number of nitrogens with two attached hydrogens (primary N) is 1. The number of aromatic nitrogens is 2. The average molecular weight is 584 g/mol. The van der Waals surface area contributed by atoms with E-state index in [0.29, 0.717) is 35.6 Å². The van der Waals surface area contributed by atoms with E-state index < -0.39 is 0 Å². The van der Waals surface area contributed by atoms with E-state index in [2.05, 4.69) is 16.0 Å². The second-order valence-electron chi connectivity index (χ2n) is 9.57. The zero-order valence-electron chi connectivity index (χ0n) is 24.7. The summed E-state index contributed by atoms with van der Waals surface area (Å²) in [4.78, 5) is 34.9. The largest absolute Gasteiger partial charge is 0.497 e. The van der Waals surface area contributed by atoms with Gasteiger partial charge in [0, 0.05) is 52.1 Å². The number of methoxy groups -OCH3 is 1. The van der Waals surface area contributed by atoms with Crippen molar-refractivity contribution in [1.29, 1.82) is 5.41 Å². The van der Waals surface area contributed by atoms with Gasteiger partial charge in [-0.3, -0.25) is 19.8 Å². The molecule has 0 fully saturated rings. The van der Waals surface area contributed by atoms with Crippen LogP contribution in [0.1, 0.15) is 48.9 Å². The first kappa shape index (κ1) is 31.9. The van der Waals surface area contributed by atoms with Crippen molar-refractivity contribution in [2.75, 3.05) is 31.3 Å². The van der Waals surface area contributed by atoms with Crippen molar-refractivity contribution in [3.8, 4) is 5.75 Å². The second kappa shape index (κ2) is 15.4. The number of hydrogen-bond donors (Lipinski definition) is 5. The average Bonchev–Trinajstić information content (AvgIpc) is 3.57. The molecule has 11 nitrogen and oxygen atoms in total. The quantitative estimate of drug-likeness (QED) is 0.0763. The lowest BCUT2D eigenvalue weighted by Gasteiger charge is -2.04. The molecule has 2 aromatic carbocycles. The van der Waals surface area contributed by atoms with Crippen molar-refractivity contribution in [2.24, 2.45) is 19.8 Å². The van der Waals surface area contributed by atoms with Gasteiger partial charge in [-0.2, -0.15) is 0 Å². The summed E-state index contributed by atoms with van der Waals surface area (Å²) >= 11 is 0. The summed E-state index contributed by atoms with van der Waals surface area (Å²) in [5.41, 5.74) is 10.3. The third-order valence-corrected chi connectivity index (χ3v) is 6.36. The van der Waals surface area contributed by atoms with Gasteiger partial charge in [0.15, 0.2) is 6.29 Å². The van der Waals surface area contributed by atoms with Crippen LogP contribution in [-0.2, 0) is 14.1 Å². The van der Waals surface area contributed by atoms with E-state index in [1.165, 1.54) is 0 Å². The number of amides is 2. The van der Waals surface area contributed by atoms with Gasteiger partial charge in [0.25, 0.3) is 11.8 Å². The SMILES string of the molecule is CNc1cc(C(=O)NCCC(=N)N)n(C)c1.COc1cccc(/C=C/c2ccc(C(=O)Nc3cc(C=O)n(C)c3)cc2)c1. The first-order valence-electron chi connectivity index (χ1n) is 13.4. The van der Waals surface area contributed by atoms with E-state index in [-0.39, 0.29) is 17.6 Å². The molecular weight excluding hydrogens is 546 g/mol. The van der Waals surface area contributed by atoms with E-state index in [4.69, 9.17) is 15.9 Å². The van der Waals surface area contributed by atoms with Gasteiger partial charge in [0.1, 0.15) is 11.4 Å². The Labute approximate surface area is 250 Å². The molecule has 43 heavy (non-hydrogen) atoms. The Morgan fingerprint density at radius 1 is 0.930 bits per heavy atom. The minimum atomic E-state index is -0.221. The molecule has 0 unspecified atom stereocenters. The van der Waals surface area contributed by atoms with Crippen molar-refractivity contribution in [2.45, 2.75) is 6.42 Å². The lowest BCUT2D eigenvalue weighted by molar-refractivity contribution is 0.0945. The smallest absolute Gasteiger partial charge is 0.267 e. The number of nitrogens with one attached hydrogen (secondary N) is 4. The van der Waals surface area contributed by atoms with Gasteiger partial charge in [0.2, 0.25) is 0 Å². The standard InChI is InChI=1S/C22H20N2O3.C10H17N5O/c1-24-14-19(13-20(24)15-25)23-22(26)18-10-8-16(9-11-18)6-7-17-4-3-5-21(12-17)27-2;1-13-7-5-8(15(2)6-7)10(16)14-4-3-9(11)12/h3-15H,1-2H3,(H,23,26);5-6,13H,3-4H2,1-2H3,(H3,11,12)(H,14,16)/b7-6+;. The van der Waals surface area contributed by atoms with Crippen LogP contribution >= 0.6 is 0 Å². The number of benzene rings is 2. The van der Waals surface area contributed by atoms with E-state index in [9.17, 15) is 14.4 Å². The summed E-state index contributed by atoms with van der Waals surface area (Å²) in [5, 5.41) is 15.5. The lowest BCUT2D eigenvalue weighted by Crippen LogP contribution is -2.28. The summed E-state index contributed by atoms with van der Waals surface area (Å²) in [5.74, 6) is 0.498. The molecule has 0 saturated heterocycles. The number of amidine groups is 1. The van der Waals surface area contributed by atoms with E-state index >= 15 is 0 Å². The number of nitrogens with zero attached hydrogens (tertiary/aromatic N) is 2. The van der Waals surface area contributed by atoms with E-state index in [0.717, 1.165) is 28.8 Å². The molecule has 2 amide bonds. The normalized spacial score (nSPS) is 10.4. The van der Waals surface area contributed by atoms with Crippen LogP contribution in [0.2, 0.25) is 0 Å². The summed E-state index contributed by atoms with van der Waals surface area (Å²) in [7, 11) is 7.00. The maximum atomic E-state index is 12.3. The monoisotopic (exact) mass is 583 g/mol. The van der Waals surface area contributed by atoms with Crippen LogP contribution in [-0.4, -0.2) is 53.8 Å². The first-order chi connectivity index (χ1) is 20.6. The molecule has 0 aliphatic carbocycles. The van der Waals surface area contributed by atoms with Crippen LogP contribution in [0.5, 0.6) is 5.75 Å². The summed E-state index contributed by atoms with van der Waals surface area (Å²) in [6, 6.07) is 18.5. The van der Waals surface area contributed by atoms with Gasteiger partial charge in [-0.05, 0) is 47.5 Å². The van der Waals surface area contributed by atoms with Crippen LogP contribution in [0.25, 0.3) is 12.2 Å². The van der Waals surface area contributed by atoms with E-state index in [1.807, 2.05) is 54.7 Å². The molecule has 0 aliphatic heterocycles. The Bertz CT molecular complexity index is 1600. The fourth-order valence-corrected chi connectivity index (χ4v) is 3.98. The highest BCUT2D eigenvalue weighted by atomic mass is 16.5. The number of rotatable bonds is 11. The van der Waals surface area contributed by atoms with Crippen molar-refractivity contribution >= 4 is 47.5 Å². The maximum absolute atomic E-state index is 12.3. The van der Waals surface area contributed by atoms with Crippen LogP contribution in [0.15, 0.2) is 73.1 Å². The highest BCUT2D eigenvalue weighted by molar-refractivity contribution is 6.04. The minimum absolute atomic E-state index is 0.0723. The highest BCUT2D eigenvalue weighted by Gasteiger charge is 2.11.